The molecule has 1 fully saturated rings. The molecular formula is C18H27N3O3. The molecule has 1 unspecified atom stereocenters. The van der Waals surface area contributed by atoms with Crippen molar-refractivity contribution in [3.8, 4) is 0 Å². The van der Waals surface area contributed by atoms with Crippen molar-refractivity contribution in [2.45, 2.75) is 44.8 Å². The average molecular weight is 333 g/mol. The summed E-state index contributed by atoms with van der Waals surface area (Å²) in [6.07, 6.45) is 3.98. The molecule has 132 valence electrons. The van der Waals surface area contributed by atoms with Gasteiger partial charge in [0.25, 0.3) is 0 Å². The van der Waals surface area contributed by atoms with Crippen LogP contribution in [0.15, 0.2) is 30.3 Å². The second-order valence-electron chi connectivity index (χ2n) is 6.03. The van der Waals surface area contributed by atoms with Crippen LogP contribution in [0.25, 0.3) is 0 Å². The maximum atomic E-state index is 12.3. The Bertz CT molecular complexity index is 522. The van der Waals surface area contributed by atoms with E-state index >= 15 is 0 Å². The molecule has 0 saturated carbocycles. The number of ether oxygens (including phenoxy) is 1. The second kappa shape index (κ2) is 9.93. The average Bonchev–Trinajstić information content (AvgIpc) is 3.10. The van der Waals surface area contributed by atoms with E-state index in [1.165, 1.54) is 4.90 Å². The molecule has 0 bridgehead atoms. The smallest absolute Gasteiger partial charge is 0.410 e. The van der Waals surface area contributed by atoms with Crippen molar-refractivity contribution >= 4 is 12.0 Å². The first-order valence-corrected chi connectivity index (χ1v) is 8.67. The summed E-state index contributed by atoms with van der Waals surface area (Å²) in [5.41, 5.74) is 6.38. The predicted octanol–water partition coefficient (Wildman–Crippen LogP) is 2.03. The van der Waals surface area contributed by atoms with Gasteiger partial charge in [-0.05, 0) is 37.8 Å². The van der Waals surface area contributed by atoms with Crippen LogP contribution in [-0.4, -0.2) is 42.6 Å². The largest absolute Gasteiger partial charge is 0.445 e. The van der Waals surface area contributed by atoms with Gasteiger partial charge in [0.2, 0.25) is 5.91 Å². The van der Waals surface area contributed by atoms with Crippen molar-refractivity contribution < 1.29 is 14.3 Å². The zero-order chi connectivity index (χ0) is 17.2. The number of nitrogens with two attached hydrogens (primary N) is 1. The fourth-order valence-corrected chi connectivity index (χ4v) is 2.84. The van der Waals surface area contributed by atoms with E-state index in [1.54, 1.807) is 0 Å². The molecule has 1 saturated heterocycles. The minimum atomic E-state index is -0.417. The number of carbonyl (C=O) groups excluding carboxylic acids is 2. The number of nitrogens with zero attached hydrogens (tertiary/aromatic N) is 1. The molecule has 6 heteroatoms. The zero-order valence-corrected chi connectivity index (χ0v) is 14.1. The highest BCUT2D eigenvalue weighted by molar-refractivity contribution is 5.86. The van der Waals surface area contributed by atoms with Crippen LogP contribution in [0.3, 0.4) is 0 Å². The van der Waals surface area contributed by atoms with Gasteiger partial charge in [-0.25, -0.2) is 4.79 Å². The van der Waals surface area contributed by atoms with Crippen LogP contribution in [0.5, 0.6) is 0 Å². The summed E-state index contributed by atoms with van der Waals surface area (Å²) >= 11 is 0. The third-order valence-corrected chi connectivity index (χ3v) is 4.18. The van der Waals surface area contributed by atoms with Crippen LogP contribution in [0.2, 0.25) is 0 Å². The number of rotatable bonds is 8. The molecule has 0 spiro atoms. The highest BCUT2D eigenvalue weighted by Gasteiger charge is 2.34. The lowest BCUT2D eigenvalue weighted by Gasteiger charge is -2.23. The lowest BCUT2D eigenvalue weighted by Crippen LogP contribution is -2.46. The molecule has 1 aliphatic heterocycles. The van der Waals surface area contributed by atoms with E-state index in [0.717, 1.165) is 31.2 Å². The summed E-state index contributed by atoms with van der Waals surface area (Å²) < 4.78 is 5.34. The topological polar surface area (TPSA) is 84.7 Å². The Morgan fingerprint density at radius 2 is 2.00 bits per heavy atom. The van der Waals surface area contributed by atoms with Crippen LogP contribution in [0.1, 0.15) is 37.7 Å². The van der Waals surface area contributed by atoms with E-state index in [9.17, 15) is 9.59 Å². The number of unbranched alkanes of at least 4 members (excludes halogenated alkanes) is 2. The zero-order valence-electron chi connectivity index (χ0n) is 14.1. The highest BCUT2D eigenvalue weighted by Crippen LogP contribution is 2.19. The monoisotopic (exact) mass is 333 g/mol. The minimum Gasteiger partial charge on any atom is -0.445 e. The van der Waals surface area contributed by atoms with E-state index in [4.69, 9.17) is 10.5 Å². The molecule has 1 heterocycles. The second-order valence-corrected chi connectivity index (χ2v) is 6.03. The first kappa shape index (κ1) is 18.3. The SMILES string of the molecule is NCCCCCNC(=O)C1CCCN1C(=O)OCc1ccccc1. The van der Waals surface area contributed by atoms with E-state index < -0.39 is 12.1 Å². The number of amides is 2. The summed E-state index contributed by atoms with van der Waals surface area (Å²) in [4.78, 5) is 26.1. The molecule has 0 aliphatic carbocycles. The van der Waals surface area contributed by atoms with Gasteiger partial charge in [-0.1, -0.05) is 36.8 Å². The van der Waals surface area contributed by atoms with Gasteiger partial charge in [0, 0.05) is 13.1 Å². The highest BCUT2D eigenvalue weighted by atomic mass is 16.6. The molecule has 1 aromatic carbocycles. The van der Waals surface area contributed by atoms with Crippen LogP contribution in [-0.2, 0) is 16.1 Å². The Labute approximate surface area is 143 Å². The molecule has 2 amide bonds. The standard InChI is InChI=1S/C18H27N3O3/c19-11-5-2-6-12-20-17(22)16-10-7-13-21(16)18(23)24-14-15-8-3-1-4-9-15/h1,3-4,8-9,16H,2,5-7,10-14,19H2,(H,20,22). The van der Waals surface area contributed by atoms with E-state index in [1.807, 2.05) is 30.3 Å². The third-order valence-electron chi connectivity index (χ3n) is 4.18. The Morgan fingerprint density at radius 1 is 1.21 bits per heavy atom. The summed E-state index contributed by atoms with van der Waals surface area (Å²) in [5.74, 6) is -0.0862. The first-order chi connectivity index (χ1) is 11.7. The van der Waals surface area contributed by atoms with Crippen LogP contribution >= 0.6 is 0 Å². The van der Waals surface area contributed by atoms with Crippen molar-refractivity contribution in [2.24, 2.45) is 5.73 Å². The van der Waals surface area contributed by atoms with Crippen LogP contribution in [0.4, 0.5) is 4.79 Å². The number of likely N-dealkylation sites (tertiary alicyclic amines) is 1. The number of nitrogens with one attached hydrogen (secondary N) is 1. The summed E-state index contributed by atoms with van der Waals surface area (Å²) in [7, 11) is 0. The third kappa shape index (κ3) is 5.53. The fraction of sp³-hybridized carbons (Fsp3) is 0.556. The van der Waals surface area contributed by atoms with Gasteiger partial charge >= 0.3 is 6.09 Å². The van der Waals surface area contributed by atoms with Gasteiger partial charge < -0.3 is 15.8 Å². The molecule has 1 aliphatic rings. The lowest BCUT2D eigenvalue weighted by molar-refractivity contribution is -0.125. The van der Waals surface area contributed by atoms with Gasteiger partial charge in [-0.15, -0.1) is 0 Å². The number of hydrogen-bond acceptors (Lipinski definition) is 4. The fourth-order valence-electron chi connectivity index (χ4n) is 2.84. The van der Waals surface area contributed by atoms with Crippen molar-refractivity contribution in [1.29, 1.82) is 0 Å². The molecule has 1 aromatic rings. The van der Waals surface area contributed by atoms with E-state index in [0.29, 0.717) is 26.1 Å². The van der Waals surface area contributed by atoms with Crippen LogP contribution < -0.4 is 11.1 Å². The molecule has 24 heavy (non-hydrogen) atoms. The summed E-state index contributed by atoms with van der Waals surface area (Å²) in [5, 5.41) is 2.91. The normalized spacial score (nSPS) is 16.9. The van der Waals surface area contributed by atoms with Crippen LogP contribution in [0, 0.1) is 0 Å². The number of benzene rings is 1. The number of carbonyl (C=O) groups is 2. The van der Waals surface area contributed by atoms with Gasteiger partial charge in [0.15, 0.2) is 0 Å². The Morgan fingerprint density at radius 3 is 2.75 bits per heavy atom. The van der Waals surface area contributed by atoms with Crippen molar-refractivity contribution in [3.63, 3.8) is 0 Å². The molecule has 3 N–H and O–H groups in total. The molecule has 0 aromatic heterocycles. The molecule has 0 radical (unpaired) electrons. The maximum absolute atomic E-state index is 12.3. The molecule has 2 rings (SSSR count). The Balaban J connectivity index is 1.76. The minimum absolute atomic E-state index is 0.0862. The molecular weight excluding hydrogens is 306 g/mol. The first-order valence-electron chi connectivity index (χ1n) is 8.67. The van der Waals surface area contributed by atoms with E-state index in [-0.39, 0.29) is 12.5 Å². The Kier molecular flexibility index (Phi) is 7.55. The van der Waals surface area contributed by atoms with Crippen molar-refractivity contribution in [2.75, 3.05) is 19.6 Å². The van der Waals surface area contributed by atoms with Gasteiger partial charge in [0.05, 0.1) is 0 Å². The van der Waals surface area contributed by atoms with Crippen molar-refractivity contribution in [1.82, 2.24) is 10.2 Å². The predicted molar refractivity (Wildman–Crippen MR) is 92.3 cm³/mol. The summed E-state index contributed by atoms with van der Waals surface area (Å²) in [6, 6.07) is 9.12. The quantitative estimate of drug-likeness (QED) is 0.713. The molecule has 6 nitrogen and oxygen atoms in total. The van der Waals surface area contributed by atoms with Crippen molar-refractivity contribution in [3.05, 3.63) is 35.9 Å². The van der Waals surface area contributed by atoms with Gasteiger partial charge in [-0.3, -0.25) is 9.69 Å². The maximum Gasteiger partial charge on any atom is 0.410 e. The van der Waals surface area contributed by atoms with E-state index in [2.05, 4.69) is 5.32 Å². The van der Waals surface area contributed by atoms with Gasteiger partial charge in [0.1, 0.15) is 12.6 Å². The summed E-state index contributed by atoms with van der Waals surface area (Å²) in [6.45, 7) is 2.10. The molecule has 1 atom stereocenters. The van der Waals surface area contributed by atoms with Gasteiger partial charge in [-0.2, -0.15) is 0 Å². The lowest BCUT2D eigenvalue weighted by atomic mass is 10.2. The number of hydrogen-bond donors (Lipinski definition) is 2. The Hall–Kier alpha value is -2.08.